The summed E-state index contributed by atoms with van der Waals surface area (Å²) in [5.41, 5.74) is 2.17. The third-order valence-corrected chi connectivity index (χ3v) is 3.64. The molecule has 0 bridgehead atoms. The fraction of sp³-hybridized carbons (Fsp3) is 0.467. The van der Waals surface area contributed by atoms with Crippen LogP contribution in [-0.2, 0) is 13.1 Å². The van der Waals surface area contributed by atoms with E-state index in [1.807, 2.05) is 31.3 Å². The van der Waals surface area contributed by atoms with Crippen molar-refractivity contribution in [3.05, 3.63) is 47.6 Å². The van der Waals surface area contributed by atoms with Crippen LogP contribution in [0.25, 0.3) is 0 Å². The molecule has 0 aliphatic carbocycles. The van der Waals surface area contributed by atoms with Gasteiger partial charge in [-0.05, 0) is 19.1 Å². The minimum absolute atomic E-state index is 0.883. The molecule has 5 heteroatoms. The Morgan fingerprint density at radius 3 is 2.30 bits per heavy atom. The van der Waals surface area contributed by atoms with Crippen molar-refractivity contribution in [2.45, 2.75) is 20.0 Å². The van der Waals surface area contributed by atoms with Gasteiger partial charge >= 0.3 is 0 Å². The number of hydrogen-bond acceptors (Lipinski definition) is 5. The van der Waals surface area contributed by atoms with Gasteiger partial charge in [-0.1, -0.05) is 11.2 Å². The Morgan fingerprint density at radius 2 is 1.75 bits per heavy atom. The zero-order valence-electron chi connectivity index (χ0n) is 11.8. The number of nitrogens with zero attached hydrogens (tertiary/aromatic N) is 4. The third-order valence-electron chi connectivity index (χ3n) is 3.64. The molecule has 0 saturated carbocycles. The van der Waals surface area contributed by atoms with Crippen molar-refractivity contribution in [3.63, 3.8) is 0 Å². The maximum atomic E-state index is 5.11. The summed E-state index contributed by atoms with van der Waals surface area (Å²) in [6.07, 6.45) is 1.86. The second kappa shape index (κ2) is 6.15. The highest BCUT2D eigenvalue weighted by Crippen LogP contribution is 2.10. The number of rotatable bonds is 4. The number of aryl methyl sites for hydroxylation is 1. The van der Waals surface area contributed by atoms with Crippen molar-refractivity contribution in [2.75, 3.05) is 26.2 Å². The molecule has 1 saturated heterocycles. The highest BCUT2D eigenvalue weighted by molar-refractivity contribution is 5.04. The highest BCUT2D eigenvalue weighted by Gasteiger charge is 2.18. The van der Waals surface area contributed by atoms with Crippen LogP contribution in [0, 0.1) is 6.92 Å². The van der Waals surface area contributed by atoms with E-state index in [0.717, 1.165) is 56.4 Å². The lowest BCUT2D eigenvalue weighted by atomic mass is 10.2. The monoisotopic (exact) mass is 272 g/mol. The number of piperazine rings is 1. The first kappa shape index (κ1) is 13.3. The third kappa shape index (κ3) is 3.43. The first-order valence-corrected chi connectivity index (χ1v) is 7.06. The Labute approximate surface area is 119 Å². The van der Waals surface area contributed by atoms with Gasteiger partial charge in [0.15, 0.2) is 0 Å². The molecule has 0 N–H and O–H groups in total. The molecule has 0 spiro atoms. The lowest BCUT2D eigenvalue weighted by molar-refractivity contribution is 0.119. The summed E-state index contributed by atoms with van der Waals surface area (Å²) in [7, 11) is 0. The van der Waals surface area contributed by atoms with E-state index in [1.54, 1.807) is 0 Å². The molecule has 5 nitrogen and oxygen atoms in total. The Balaban J connectivity index is 1.47. The molecule has 3 heterocycles. The SMILES string of the molecule is Cc1cc(CN2CCN(Cc3ccccn3)CC2)no1. The second-order valence-electron chi connectivity index (χ2n) is 5.30. The maximum Gasteiger partial charge on any atom is 0.133 e. The van der Waals surface area contributed by atoms with Crippen LogP contribution in [-0.4, -0.2) is 46.1 Å². The Hall–Kier alpha value is -1.72. The van der Waals surface area contributed by atoms with Gasteiger partial charge in [0, 0.05) is 51.5 Å². The predicted octanol–water partition coefficient (Wildman–Crippen LogP) is 1.70. The summed E-state index contributed by atoms with van der Waals surface area (Å²) in [4.78, 5) is 9.26. The van der Waals surface area contributed by atoms with Gasteiger partial charge in [-0.2, -0.15) is 0 Å². The topological polar surface area (TPSA) is 45.4 Å². The van der Waals surface area contributed by atoms with Gasteiger partial charge in [-0.25, -0.2) is 0 Å². The van der Waals surface area contributed by atoms with E-state index < -0.39 is 0 Å². The molecule has 2 aromatic heterocycles. The van der Waals surface area contributed by atoms with Crippen LogP contribution in [0.4, 0.5) is 0 Å². The molecule has 1 fully saturated rings. The maximum absolute atomic E-state index is 5.11. The molecule has 2 aromatic rings. The Bertz CT molecular complexity index is 532. The van der Waals surface area contributed by atoms with E-state index in [-0.39, 0.29) is 0 Å². The largest absolute Gasteiger partial charge is 0.361 e. The molecule has 106 valence electrons. The number of hydrogen-bond donors (Lipinski definition) is 0. The highest BCUT2D eigenvalue weighted by atomic mass is 16.5. The van der Waals surface area contributed by atoms with Gasteiger partial charge in [0.05, 0.1) is 11.4 Å². The van der Waals surface area contributed by atoms with E-state index in [2.05, 4.69) is 26.0 Å². The van der Waals surface area contributed by atoms with Gasteiger partial charge in [-0.15, -0.1) is 0 Å². The molecular weight excluding hydrogens is 252 g/mol. The van der Waals surface area contributed by atoms with E-state index in [0.29, 0.717) is 0 Å². The molecule has 0 amide bonds. The van der Waals surface area contributed by atoms with E-state index in [1.165, 1.54) is 0 Å². The summed E-state index contributed by atoms with van der Waals surface area (Å²) in [5.74, 6) is 0.883. The van der Waals surface area contributed by atoms with Crippen molar-refractivity contribution in [2.24, 2.45) is 0 Å². The van der Waals surface area contributed by atoms with Crippen LogP contribution in [0.1, 0.15) is 17.1 Å². The quantitative estimate of drug-likeness (QED) is 0.847. The molecule has 0 radical (unpaired) electrons. The molecule has 1 aliphatic heterocycles. The van der Waals surface area contributed by atoms with Crippen molar-refractivity contribution < 1.29 is 4.52 Å². The second-order valence-corrected chi connectivity index (χ2v) is 5.30. The average molecular weight is 272 g/mol. The van der Waals surface area contributed by atoms with Crippen LogP contribution in [0.2, 0.25) is 0 Å². The molecule has 0 unspecified atom stereocenters. The van der Waals surface area contributed by atoms with Crippen LogP contribution in [0.15, 0.2) is 35.0 Å². The first-order valence-electron chi connectivity index (χ1n) is 7.06. The van der Waals surface area contributed by atoms with Gasteiger partial charge in [0.1, 0.15) is 5.76 Å². The van der Waals surface area contributed by atoms with Crippen molar-refractivity contribution in [1.29, 1.82) is 0 Å². The Kier molecular flexibility index (Phi) is 4.08. The zero-order valence-corrected chi connectivity index (χ0v) is 11.8. The Morgan fingerprint density at radius 1 is 1.05 bits per heavy atom. The molecule has 0 aromatic carbocycles. The smallest absolute Gasteiger partial charge is 0.133 e. The molecule has 20 heavy (non-hydrogen) atoms. The van der Waals surface area contributed by atoms with Crippen molar-refractivity contribution in [1.82, 2.24) is 19.9 Å². The summed E-state index contributed by atoms with van der Waals surface area (Å²) in [6, 6.07) is 8.11. The van der Waals surface area contributed by atoms with E-state index >= 15 is 0 Å². The van der Waals surface area contributed by atoms with Crippen LogP contribution in [0.3, 0.4) is 0 Å². The van der Waals surface area contributed by atoms with Crippen LogP contribution in [0.5, 0.6) is 0 Å². The normalized spacial score (nSPS) is 17.4. The minimum Gasteiger partial charge on any atom is -0.361 e. The van der Waals surface area contributed by atoms with Crippen molar-refractivity contribution >= 4 is 0 Å². The van der Waals surface area contributed by atoms with E-state index in [4.69, 9.17) is 4.52 Å². The number of pyridine rings is 1. The van der Waals surface area contributed by atoms with Crippen LogP contribution < -0.4 is 0 Å². The molecule has 0 atom stereocenters. The summed E-state index contributed by atoms with van der Waals surface area (Å²) in [6.45, 7) is 8.05. The van der Waals surface area contributed by atoms with Gasteiger partial charge in [0.2, 0.25) is 0 Å². The molecule has 3 rings (SSSR count). The lowest BCUT2D eigenvalue weighted by Crippen LogP contribution is -2.45. The minimum atomic E-state index is 0.883. The van der Waals surface area contributed by atoms with Gasteiger partial charge in [-0.3, -0.25) is 14.8 Å². The standard InChI is InChI=1S/C15H20N4O/c1-13-10-15(17-20-13)12-19-8-6-18(7-9-19)11-14-4-2-3-5-16-14/h2-5,10H,6-9,11-12H2,1H3. The van der Waals surface area contributed by atoms with Gasteiger partial charge < -0.3 is 4.52 Å². The predicted molar refractivity (Wildman–Crippen MR) is 76.0 cm³/mol. The summed E-state index contributed by atoms with van der Waals surface area (Å²) < 4.78 is 5.11. The lowest BCUT2D eigenvalue weighted by Gasteiger charge is -2.33. The zero-order chi connectivity index (χ0) is 13.8. The molecular formula is C15H20N4O. The fourth-order valence-corrected chi connectivity index (χ4v) is 2.55. The summed E-state index contributed by atoms with van der Waals surface area (Å²) >= 11 is 0. The number of aromatic nitrogens is 2. The van der Waals surface area contributed by atoms with Gasteiger partial charge in [0.25, 0.3) is 0 Å². The van der Waals surface area contributed by atoms with E-state index in [9.17, 15) is 0 Å². The molecule has 1 aliphatic rings. The summed E-state index contributed by atoms with van der Waals surface area (Å²) in [5, 5.41) is 4.06. The van der Waals surface area contributed by atoms with Crippen LogP contribution >= 0.6 is 0 Å². The fourth-order valence-electron chi connectivity index (χ4n) is 2.55. The average Bonchev–Trinajstić information content (AvgIpc) is 2.88. The first-order chi connectivity index (χ1) is 9.79. The van der Waals surface area contributed by atoms with Crippen molar-refractivity contribution in [3.8, 4) is 0 Å².